The highest BCUT2D eigenvalue weighted by molar-refractivity contribution is 14.1. The van der Waals surface area contributed by atoms with Crippen LogP contribution in [0, 0.1) is 10.5 Å². The van der Waals surface area contributed by atoms with Gasteiger partial charge in [0, 0.05) is 11.9 Å². The van der Waals surface area contributed by atoms with Crippen molar-refractivity contribution < 1.29 is 0 Å². The van der Waals surface area contributed by atoms with E-state index < -0.39 is 0 Å². The Morgan fingerprint density at radius 3 is 3.00 bits per heavy atom. The van der Waals surface area contributed by atoms with Gasteiger partial charge in [-0.05, 0) is 35.1 Å². The van der Waals surface area contributed by atoms with E-state index in [9.17, 15) is 0 Å². The number of hydrogen-bond acceptors (Lipinski definition) is 3. The van der Waals surface area contributed by atoms with Crippen LogP contribution in [0.25, 0.3) is 0 Å². The molecule has 0 aliphatic carbocycles. The molecule has 0 atom stereocenters. The summed E-state index contributed by atoms with van der Waals surface area (Å²) in [6, 6.07) is 8.56. The highest BCUT2D eigenvalue weighted by Crippen LogP contribution is 2.24. The van der Waals surface area contributed by atoms with E-state index in [1.165, 1.54) is 11.1 Å². The fraction of sp³-hybridized carbons (Fsp3) is 0.167. The minimum absolute atomic E-state index is 0.953. The average Bonchev–Trinajstić information content (AvgIpc) is 2.28. The van der Waals surface area contributed by atoms with Crippen molar-refractivity contribution in [2.24, 2.45) is 0 Å². The zero-order valence-corrected chi connectivity index (χ0v) is 11.8. The normalized spacial score (nSPS) is 10.4. The predicted molar refractivity (Wildman–Crippen MR) is 75.5 cm³/mol. The number of rotatable bonds is 3. The van der Waals surface area contributed by atoms with Crippen LogP contribution in [0.5, 0.6) is 0 Å². The average molecular weight is 342 g/mol. The van der Waals surface area contributed by atoms with Crippen LogP contribution in [-0.2, 0) is 5.75 Å². The van der Waals surface area contributed by atoms with Gasteiger partial charge in [-0.15, -0.1) is 11.8 Å². The maximum Gasteiger partial charge on any atom is 0.116 e. The predicted octanol–water partition coefficient (Wildman–Crippen LogP) is 3.68. The van der Waals surface area contributed by atoms with Crippen LogP contribution in [0.3, 0.4) is 0 Å². The van der Waals surface area contributed by atoms with Crippen LogP contribution >= 0.6 is 34.4 Å². The Hall–Kier alpha value is -0.620. The van der Waals surface area contributed by atoms with Gasteiger partial charge in [0.1, 0.15) is 11.4 Å². The molecule has 16 heavy (non-hydrogen) atoms. The molecule has 1 aromatic carbocycles. The summed E-state index contributed by atoms with van der Waals surface area (Å²) < 4.78 is 1.11. The first kappa shape index (κ1) is 11.9. The van der Waals surface area contributed by atoms with Gasteiger partial charge in [0.2, 0.25) is 0 Å². The second-order valence-corrected chi connectivity index (χ2v) is 5.58. The molecule has 0 aliphatic rings. The molecule has 82 valence electrons. The third-order valence-corrected chi connectivity index (χ3v) is 4.32. The number of aryl methyl sites for hydroxylation is 1. The molecule has 2 nitrogen and oxygen atoms in total. The third-order valence-electron chi connectivity index (χ3n) is 2.09. The maximum atomic E-state index is 4.26. The van der Waals surface area contributed by atoms with Crippen LogP contribution in [0.1, 0.15) is 11.1 Å². The van der Waals surface area contributed by atoms with Crippen molar-refractivity contribution in [3.05, 3.63) is 51.5 Å². The van der Waals surface area contributed by atoms with Crippen LogP contribution < -0.4 is 0 Å². The Labute approximate surface area is 113 Å². The van der Waals surface area contributed by atoms with E-state index in [1.807, 2.05) is 6.20 Å². The molecule has 0 N–H and O–H groups in total. The maximum absolute atomic E-state index is 4.26. The van der Waals surface area contributed by atoms with Gasteiger partial charge >= 0.3 is 0 Å². The van der Waals surface area contributed by atoms with E-state index in [2.05, 4.69) is 63.7 Å². The van der Waals surface area contributed by atoms with Crippen molar-refractivity contribution in [3.63, 3.8) is 0 Å². The zero-order chi connectivity index (χ0) is 11.4. The zero-order valence-electron chi connectivity index (χ0n) is 8.85. The molecule has 4 heteroatoms. The molecule has 1 heterocycles. The van der Waals surface area contributed by atoms with Crippen molar-refractivity contribution >= 4 is 34.4 Å². The Morgan fingerprint density at radius 1 is 1.38 bits per heavy atom. The first-order valence-corrected chi connectivity index (χ1v) is 6.96. The standard InChI is InChI=1S/C12H11IN2S/c1-9-3-2-4-10(5-9)7-16-12-11(13)6-14-8-15-12/h2-6,8H,7H2,1H3. The van der Waals surface area contributed by atoms with Crippen LogP contribution in [0.15, 0.2) is 41.8 Å². The van der Waals surface area contributed by atoms with E-state index in [-0.39, 0.29) is 0 Å². The van der Waals surface area contributed by atoms with Gasteiger partial charge in [-0.2, -0.15) is 0 Å². The summed E-state index contributed by atoms with van der Waals surface area (Å²) in [4.78, 5) is 8.24. The molecule has 2 rings (SSSR count). The largest absolute Gasteiger partial charge is 0.244 e. The summed E-state index contributed by atoms with van der Waals surface area (Å²) in [5, 5.41) is 1.05. The van der Waals surface area contributed by atoms with Gasteiger partial charge in [-0.1, -0.05) is 29.8 Å². The quantitative estimate of drug-likeness (QED) is 0.483. The molecule has 0 aliphatic heterocycles. The second-order valence-electron chi connectivity index (χ2n) is 3.45. The Bertz CT molecular complexity index is 488. The summed E-state index contributed by atoms with van der Waals surface area (Å²) in [6.07, 6.45) is 3.44. The number of nitrogens with zero attached hydrogens (tertiary/aromatic N) is 2. The van der Waals surface area contributed by atoms with Crippen molar-refractivity contribution in [2.45, 2.75) is 17.7 Å². The van der Waals surface area contributed by atoms with Gasteiger partial charge < -0.3 is 0 Å². The molecule has 0 unspecified atom stereocenters. The van der Waals surface area contributed by atoms with Gasteiger partial charge in [-0.25, -0.2) is 9.97 Å². The topological polar surface area (TPSA) is 25.8 Å². The first-order chi connectivity index (χ1) is 7.75. The molecule has 0 bridgehead atoms. The van der Waals surface area contributed by atoms with Crippen molar-refractivity contribution in [1.29, 1.82) is 0 Å². The van der Waals surface area contributed by atoms with E-state index in [4.69, 9.17) is 0 Å². The molecular formula is C12H11IN2S. The Kier molecular flexibility index (Phi) is 4.17. The Morgan fingerprint density at radius 2 is 2.25 bits per heavy atom. The Balaban J connectivity index is 2.05. The van der Waals surface area contributed by atoms with Crippen LogP contribution in [0.2, 0.25) is 0 Å². The molecule has 2 aromatic rings. The van der Waals surface area contributed by atoms with Crippen molar-refractivity contribution in [2.75, 3.05) is 0 Å². The summed E-state index contributed by atoms with van der Waals surface area (Å²) in [5.41, 5.74) is 2.63. The highest BCUT2D eigenvalue weighted by atomic mass is 127. The number of aromatic nitrogens is 2. The molecule has 0 radical (unpaired) electrons. The lowest BCUT2D eigenvalue weighted by Gasteiger charge is -2.03. The summed E-state index contributed by atoms with van der Waals surface area (Å²) in [6.45, 7) is 2.11. The monoisotopic (exact) mass is 342 g/mol. The van der Waals surface area contributed by atoms with Gasteiger partial charge in [0.25, 0.3) is 0 Å². The second kappa shape index (κ2) is 5.63. The molecule has 0 amide bonds. The SMILES string of the molecule is Cc1cccc(CSc2ncncc2I)c1. The lowest BCUT2D eigenvalue weighted by atomic mass is 10.2. The van der Waals surface area contributed by atoms with E-state index >= 15 is 0 Å². The van der Waals surface area contributed by atoms with Crippen molar-refractivity contribution in [3.8, 4) is 0 Å². The number of halogens is 1. The third kappa shape index (κ3) is 3.18. The lowest BCUT2D eigenvalue weighted by molar-refractivity contribution is 1.02. The number of thioether (sulfide) groups is 1. The van der Waals surface area contributed by atoms with Crippen molar-refractivity contribution in [1.82, 2.24) is 9.97 Å². The molecule has 1 aromatic heterocycles. The van der Waals surface area contributed by atoms with E-state index in [0.717, 1.165) is 14.3 Å². The minimum Gasteiger partial charge on any atom is -0.244 e. The number of hydrogen-bond donors (Lipinski definition) is 0. The first-order valence-electron chi connectivity index (χ1n) is 4.89. The molecule has 0 spiro atoms. The molecular weight excluding hydrogens is 331 g/mol. The van der Waals surface area contributed by atoms with Gasteiger partial charge in [0.15, 0.2) is 0 Å². The van der Waals surface area contributed by atoms with Gasteiger partial charge in [0.05, 0.1) is 3.57 Å². The van der Waals surface area contributed by atoms with E-state index in [1.54, 1.807) is 18.1 Å². The highest BCUT2D eigenvalue weighted by Gasteiger charge is 2.02. The smallest absolute Gasteiger partial charge is 0.116 e. The van der Waals surface area contributed by atoms with Gasteiger partial charge in [-0.3, -0.25) is 0 Å². The van der Waals surface area contributed by atoms with Crippen LogP contribution in [-0.4, -0.2) is 9.97 Å². The molecule has 0 fully saturated rings. The minimum atomic E-state index is 0.953. The molecule has 0 saturated heterocycles. The fourth-order valence-corrected chi connectivity index (χ4v) is 2.92. The number of benzene rings is 1. The summed E-state index contributed by atoms with van der Waals surface area (Å²) >= 11 is 4.01. The summed E-state index contributed by atoms with van der Waals surface area (Å²) in [5.74, 6) is 0.953. The van der Waals surface area contributed by atoms with E-state index in [0.29, 0.717) is 0 Å². The van der Waals surface area contributed by atoms with Crippen LogP contribution in [0.4, 0.5) is 0 Å². The summed E-state index contributed by atoms with van der Waals surface area (Å²) in [7, 11) is 0. The lowest BCUT2D eigenvalue weighted by Crippen LogP contribution is -1.88. The molecule has 0 saturated carbocycles. The fourth-order valence-electron chi connectivity index (χ4n) is 1.36.